The fourth-order valence-electron chi connectivity index (χ4n) is 2.66. The molecule has 0 aliphatic carbocycles. The van der Waals surface area contributed by atoms with Crippen LogP contribution < -0.4 is 5.32 Å². The van der Waals surface area contributed by atoms with E-state index in [-0.39, 0.29) is 11.9 Å². The minimum absolute atomic E-state index is 0.0466. The molecule has 1 atom stereocenters. The molecule has 110 valence electrons. The Morgan fingerprint density at radius 1 is 1.30 bits per heavy atom. The smallest absolute Gasteiger partial charge is 0.223 e. The predicted molar refractivity (Wildman–Crippen MR) is 79.6 cm³/mol. The summed E-state index contributed by atoms with van der Waals surface area (Å²) in [5, 5.41) is 13.1. The van der Waals surface area contributed by atoms with Crippen LogP contribution >= 0.6 is 0 Å². The summed E-state index contributed by atoms with van der Waals surface area (Å²) in [6.07, 6.45) is 4.03. The zero-order chi connectivity index (χ0) is 14.4. The van der Waals surface area contributed by atoms with Crippen molar-refractivity contribution in [1.29, 1.82) is 0 Å². The highest BCUT2D eigenvalue weighted by molar-refractivity contribution is 5.76. The third kappa shape index (κ3) is 3.97. The SMILES string of the molecule is CC(NCCC(=O)N1CCCCC1)c1ccccc1O. The molecule has 0 bridgehead atoms. The molecule has 1 heterocycles. The van der Waals surface area contributed by atoms with Gasteiger partial charge >= 0.3 is 0 Å². The molecule has 1 unspecified atom stereocenters. The maximum Gasteiger partial charge on any atom is 0.223 e. The van der Waals surface area contributed by atoms with E-state index in [1.165, 1.54) is 6.42 Å². The van der Waals surface area contributed by atoms with Gasteiger partial charge < -0.3 is 15.3 Å². The van der Waals surface area contributed by atoms with Crippen LogP contribution in [0.5, 0.6) is 5.75 Å². The van der Waals surface area contributed by atoms with Gasteiger partial charge in [-0.2, -0.15) is 0 Å². The monoisotopic (exact) mass is 276 g/mol. The molecule has 1 amide bonds. The Morgan fingerprint density at radius 3 is 2.70 bits per heavy atom. The predicted octanol–water partition coefficient (Wildman–Crippen LogP) is 2.45. The number of nitrogens with one attached hydrogen (secondary N) is 1. The molecule has 1 aromatic carbocycles. The molecule has 20 heavy (non-hydrogen) atoms. The van der Waals surface area contributed by atoms with E-state index in [2.05, 4.69) is 5.32 Å². The third-order valence-electron chi connectivity index (χ3n) is 3.90. The fraction of sp³-hybridized carbons (Fsp3) is 0.562. The van der Waals surface area contributed by atoms with Gasteiger partial charge in [-0.25, -0.2) is 0 Å². The van der Waals surface area contributed by atoms with Crippen LogP contribution in [0.1, 0.15) is 44.2 Å². The highest BCUT2D eigenvalue weighted by atomic mass is 16.3. The van der Waals surface area contributed by atoms with Crippen LogP contribution in [0.2, 0.25) is 0 Å². The first kappa shape index (κ1) is 14.9. The van der Waals surface area contributed by atoms with Crippen molar-refractivity contribution in [3.8, 4) is 5.75 Å². The number of nitrogens with zero attached hydrogens (tertiary/aromatic N) is 1. The van der Waals surface area contributed by atoms with Crippen LogP contribution in [0.4, 0.5) is 0 Å². The highest BCUT2D eigenvalue weighted by Crippen LogP contribution is 2.22. The van der Waals surface area contributed by atoms with Crippen LogP contribution in [0.3, 0.4) is 0 Å². The number of piperidine rings is 1. The number of likely N-dealkylation sites (tertiary alicyclic amines) is 1. The second kappa shape index (κ2) is 7.29. The first-order valence-electron chi connectivity index (χ1n) is 7.47. The summed E-state index contributed by atoms with van der Waals surface area (Å²) in [6.45, 7) is 4.47. The normalized spacial score (nSPS) is 16.9. The minimum Gasteiger partial charge on any atom is -0.508 e. The van der Waals surface area contributed by atoms with Gasteiger partial charge in [0.25, 0.3) is 0 Å². The van der Waals surface area contributed by atoms with Crippen molar-refractivity contribution in [3.63, 3.8) is 0 Å². The molecule has 4 heteroatoms. The maximum atomic E-state index is 12.0. The van der Waals surface area contributed by atoms with Crippen LogP contribution in [0.25, 0.3) is 0 Å². The number of aromatic hydroxyl groups is 1. The molecule has 4 nitrogen and oxygen atoms in total. The van der Waals surface area contributed by atoms with Gasteiger partial charge in [0.15, 0.2) is 0 Å². The summed E-state index contributed by atoms with van der Waals surface area (Å²) in [5.74, 6) is 0.538. The molecule has 1 saturated heterocycles. The maximum absolute atomic E-state index is 12.0. The molecule has 0 radical (unpaired) electrons. The molecular weight excluding hydrogens is 252 g/mol. The number of hydrogen-bond donors (Lipinski definition) is 2. The van der Waals surface area contributed by atoms with Crippen molar-refractivity contribution in [2.45, 2.75) is 38.6 Å². The zero-order valence-electron chi connectivity index (χ0n) is 12.1. The molecule has 1 fully saturated rings. The third-order valence-corrected chi connectivity index (χ3v) is 3.90. The Hall–Kier alpha value is -1.55. The molecule has 0 aromatic heterocycles. The van der Waals surface area contributed by atoms with Gasteiger partial charge in [0.1, 0.15) is 5.75 Å². The Morgan fingerprint density at radius 2 is 2.00 bits per heavy atom. The standard InChI is InChI=1S/C16H24N2O2/c1-13(14-7-3-4-8-15(14)19)17-10-9-16(20)18-11-5-2-6-12-18/h3-4,7-8,13,17,19H,2,5-6,9-12H2,1H3. The number of para-hydroxylation sites is 1. The van der Waals surface area contributed by atoms with Gasteiger partial charge in [-0.15, -0.1) is 0 Å². The highest BCUT2D eigenvalue weighted by Gasteiger charge is 2.16. The first-order chi connectivity index (χ1) is 9.68. The van der Waals surface area contributed by atoms with E-state index in [9.17, 15) is 9.90 Å². The van der Waals surface area contributed by atoms with E-state index in [1.807, 2.05) is 30.0 Å². The average molecular weight is 276 g/mol. The van der Waals surface area contributed by atoms with E-state index >= 15 is 0 Å². The number of amides is 1. The molecule has 1 aromatic rings. The molecule has 2 N–H and O–H groups in total. The van der Waals surface area contributed by atoms with Crippen LogP contribution in [-0.4, -0.2) is 35.5 Å². The van der Waals surface area contributed by atoms with Crippen molar-refractivity contribution in [1.82, 2.24) is 10.2 Å². The Kier molecular flexibility index (Phi) is 5.41. The van der Waals surface area contributed by atoms with E-state index in [4.69, 9.17) is 0 Å². The van der Waals surface area contributed by atoms with E-state index in [0.29, 0.717) is 18.7 Å². The Bertz CT molecular complexity index is 442. The van der Waals surface area contributed by atoms with Gasteiger partial charge in [-0.1, -0.05) is 18.2 Å². The lowest BCUT2D eigenvalue weighted by Crippen LogP contribution is -2.37. The second-order valence-electron chi connectivity index (χ2n) is 5.43. The summed E-state index contributed by atoms with van der Waals surface area (Å²) >= 11 is 0. The lowest BCUT2D eigenvalue weighted by Gasteiger charge is -2.27. The van der Waals surface area contributed by atoms with Gasteiger partial charge in [-0.3, -0.25) is 4.79 Å². The second-order valence-corrected chi connectivity index (χ2v) is 5.43. The summed E-state index contributed by atoms with van der Waals surface area (Å²) in [5.41, 5.74) is 0.873. The van der Waals surface area contributed by atoms with Crippen LogP contribution in [0.15, 0.2) is 24.3 Å². The summed E-state index contributed by atoms with van der Waals surface area (Å²) in [7, 11) is 0. The fourth-order valence-corrected chi connectivity index (χ4v) is 2.66. The van der Waals surface area contributed by atoms with Gasteiger partial charge in [-0.05, 0) is 32.3 Å². The Labute approximate surface area is 120 Å². The lowest BCUT2D eigenvalue weighted by atomic mass is 10.1. The average Bonchev–Trinajstić information content (AvgIpc) is 2.48. The van der Waals surface area contributed by atoms with Crippen molar-refractivity contribution < 1.29 is 9.90 Å². The zero-order valence-corrected chi connectivity index (χ0v) is 12.1. The quantitative estimate of drug-likeness (QED) is 0.868. The number of rotatable bonds is 5. The number of benzene rings is 1. The van der Waals surface area contributed by atoms with Crippen LogP contribution in [-0.2, 0) is 4.79 Å². The molecule has 1 aliphatic rings. The lowest BCUT2D eigenvalue weighted by molar-refractivity contribution is -0.132. The molecule has 1 aliphatic heterocycles. The number of hydrogen-bond acceptors (Lipinski definition) is 3. The largest absolute Gasteiger partial charge is 0.508 e. The van der Waals surface area contributed by atoms with Gasteiger partial charge in [0.2, 0.25) is 5.91 Å². The minimum atomic E-state index is 0.0466. The number of phenols is 1. The summed E-state index contributed by atoms with van der Waals surface area (Å²) in [6, 6.07) is 7.36. The van der Waals surface area contributed by atoms with Crippen molar-refractivity contribution in [3.05, 3.63) is 29.8 Å². The number of carbonyl (C=O) groups is 1. The number of phenolic OH excluding ortho intramolecular Hbond substituents is 1. The van der Waals surface area contributed by atoms with Crippen molar-refractivity contribution >= 4 is 5.91 Å². The molecule has 2 rings (SSSR count). The van der Waals surface area contributed by atoms with E-state index in [0.717, 1.165) is 31.5 Å². The topological polar surface area (TPSA) is 52.6 Å². The van der Waals surface area contributed by atoms with E-state index in [1.54, 1.807) is 6.07 Å². The van der Waals surface area contributed by atoms with Crippen molar-refractivity contribution in [2.75, 3.05) is 19.6 Å². The Balaban J connectivity index is 1.75. The number of carbonyl (C=O) groups excluding carboxylic acids is 1. The van der Waals surface area contributed by atoms with E-state index < -0.39 is 0 Å². The van der Waals surface area contributed by atoms with Crippen LogP contribution in [0, 0.1) is 0 Å². The molecule has 0 spiro atoms. The summed E-state index contributed by atoms with van der Waals surface area (Å²) < 4.78 is 0. The molecular formula is C16H24N2O2. The molecule has 0 saturated carbocycles. The van der Waals surface area contributed by atoms with Crippen molar-refractivity contribution in [2.24, 2.45) is 0 Å². The summed E-state index contributed by atoms with van der Waals surface area (Å²) in [4.78, 5) is 14.0. The van der Waals surface area contributed by atoms with Gasteiger partial charge in [0, 0.05) is 37.7 Å². The van der Waals surface area contributed by atoms with Gasteiger partial charge in [0.05, 0.1) is 0 Å². The first-order valence-corrected chi connectivity index (χ1v) is 7.47.